The van der Waals surface area contributed by atoms with Crippen molar-refractivity contribution in [3.63, 3.8) is 0 Å². The normalized spacial score (nSPS) is 13.3. The summed E-state index contributed by atoms with van der Waals surface area (Å²) in [4.78, 5) is 22.0. The minimum absolute atomic E-state index is 0.00285. The fourth-order valence-corrected chi connectivity index (χ4v) is 2.27. The number of anilines is 1. The lowest BCUT2D eigenvalue weighted by molar-refractivity contribution is -0.116. The van der Waals surface area contributed by atoms with Gasteiger partial charge in [0.1, 0.15) is 23.6 Å². The Kier molecular flexibility index (Phi) is 3.39. The van der Waals surface area contributed by atoms with Crippen molar-refractivity contribution in [2.24, 2.45) is 0 Å². The maximum absolute atomic E-state index is 13.3. The molecule has 1 N–H and O–H groups in total. The zero-order chi connectivity index (χ0) is 14.8. The van der Waals surface area contributed by atoms with Crippen LogP contribution in [0.1, 0.15) is 22.3 Å². The van der Waals surface area contributed by atoms with E-state index < -0.39 is 5.82 Å². The van der Waals surface area contributed by atoms with Crippen molar-refractivity contribution in [2.45, 2.75) is 12.8 Å². The lowest BCUT2D eigenvalue weighted by Crippen LogP contribution is -2.18. The Bertz CT molecular complexity index is 727. The second-order valence-electron chi connectivity index (χ2n) is 4.81. The van der Waals surface area contributed by atoms with Gasteiger partial charge in [-0.25, -0.2) is 4.39 Å². The summed E-state index contributed by atoms with van der Waals surface area (Å²) in [7, 11) is 0. The summed E-state index contributed by atoms with van der Waals surface area (Å²) in [6.45, 7) is 0. The molecule has 21 heavy (non-hydrogen) atoms. The number of rotatable bonds is 3. The van der Waals surface area contributed by atoms with E-state index in [-0.39, 0.29) is 17.2 Å². The molecule has 2 aromatic carbocycles. The van der Waals surface area contributed by atoms with Gasteiger partial charge in [0.15, 0.2) is 0 Å². The molecule has 1 heterocycles. The van der Waals surface area contributed by atoms with Gasteiger partial charge >= 0.3 is 0 Å². The Labute approximate surface area is 120 Å². The Morgan fingerprint density at radius 2 is 1.95 bits per heavy atom. The first-order chi connectivity index (χ1) is 10.1. The molecule has 1 amide bonds. The number of carbonyl (C=O) groups is 2. The predicted octanol–water partition coefficient (Wildman–Crippen LogP) is 3.32. The number of fused-ring (bicyclic) bond motifs is 1. The Hall–Kier alpha value is -2.69. The minimum atomic E-state index is -0.528. The Morgan fingerprint density at radius 1 is 1.10 bits per heavy atom. The topological polar surface area (TPSA) is 55.4 Å². The van der Waals surface area contributed by atoms with Gasteiger partial charge in [0.2, 0.25) is 5.91 Å². The van der Waals surface area contributed by atoms with E-state index >= 15 is 0 Å². The standard InChI is InChI=1S/C16H12FNO3/c17-12-5-10(9-19)6-14(8-12)21-13-2-3-15-11(7-13)1-4-16(20)18-15/h2-3,5-9H,1,4H2,(H,18,20). The van der Waals surface area contributed by atoms with Crippen LogP contribution in [0, 0.1) is 5.82 Å². The molecule has 106 valence electrons. The number of amides is 1. The van der Waals surface area contributed by atoms with Gasteiger partial charge in [0.05, 0.1) is 0 Å². The fourth-order valence-electron chi connectivity index (χ4n) is 2.27. The van der Waals surface area contributed by atoms with Crippen LogP contribution < -0.4 is 10.1 Å². The van der Waals surface area contributed by atoms with Crippen molar-refractivity contribution in [3.8, 4) is 11.5 Å². The van der Waals surface area contributed by atoms with Crippen LogP contribution in [-0.2, 0) is 11.2 Å². The molecule has 0 aliphatic carbocycles. The molecule has 4 nitrogen and oxygen atoms in total. The monoisotopic (exact) mass is 285 g/mol. The van der Waals surface area contributed by atoms with Gasteiger partial charge in [-0.05, 0) is 42.3 Å². The van der Waals surface area contributed by atoms with E-state index in [9.17, 15) is 14.0 Å². The average Bonchev–Trinajstić information content (AvgIpc) is 2.47. The third kappa shape index (κ3) is 2.91. The highest BCUT2D eigenvalue weighted by atomic mass is 19.1. The Balaban J connectivity index is 1.87. The zero-order valence-corrected chi connectivity index (χ0v) is 11.1. The number of aryl methyl sites for hydroxylation is 1. The summed E-state index contributed by atoms with van der Waals surface area (Å²) in [6, 6.07) is 9.08. The van der Waals surface area contributed by atoms with Crippen molar-refractivity contribution >= 4 is 17.9 Å². The third-order valence-electron chi connectivity index (χ3n) is 3.24. The van der Waals surface area contributed by atoms with Crippen molar-refractivity contribution in [3.05, 3.63) is 53.3 Å². The summed E-state index contributed by atoms with van der Waals surface area (Å²) in [5, 5.41) is 2.78. The van der Waals surface area contributed by atoms with Crippen LogP contribution >= 0.6 is 0 Å². The van der Waals surface area contributed by atoms with Crippen LogP contribution in [0.25, 0.3) is 0 Å². The second kappa shape index (κ2) is 5.36. The molecule has 0 aromatic heterocycles. The number of benzene rings is 2. The summed E-state index contributed by atoms with van der Waals surface area (Å²) in [6.07, 6.45) is 1.64. The van der Waals surface area contributed by atoms with Crippen molar-refractivity contribution in [2.75, 3.05) is 5.32 Å². The smallest absolute Gasteiger partial charge is 0.224 e. The Morgan fingerprint density at radius 3 is 2.76 bits per heavy atom. The van der Waals surface area contributed by atoms with Crippen molar-refractivity contribution < 1.29 is 18.7 Å². The summed E-state index contributed by atoms with van der Waals surface area (Å²) >= 11 is 0. The average molecular weight is 285 g/mol. The number of aldehydes is 1. The van der Waals surface area contributed by atoms with Gasteiger partial charge in [0.25, 0.3) is 0 Å². The van der Waals surface area contributed by atoms with E-state index in [2.05, 4.69) is 5.32 Å². The van der Waals surface area contributed by atoms with Gasteiger partial charge in [-0.1, -0.05) is 0 Å². The number of ether oxygens (including phenoxy) is 1. The van der Waals surface area contributed by atoms with Gasteiger partial charge in [0, 0.05) is 23.7 Å². The first-order valence-corrected chi connectivity index (χ1v) is 6.50. The quantitative estimate of drug-likeness (QED) is 0.880. The number of nitrogens with one attached hydrogen (secondary N) is 1. The molecule has 0 saturated carbocycles. The molecule has 2 aromatic rings. The largest absolute Gasteiger partial charge is 0.457 e. The fraction of sp³-hybridized carbons (Fsp3) is 0.125. The molecule has 0 fully saturated rings. The molecule has 0 saturated heterocycles. The minimum Gasteiger partial charge on any atom is -0.457 e. The van der Waals surface area contributed by atoms with Gasteiger partial charge in [-0.3, -0.25) is 9.59 Å². The molecule has 0 atom stereocenters. The first-order valence-electron chi connectivity index (χ1n) is 6.50. The van der Waals surface area contributed by atoms with E-state index in [1.807, 2.05) is 0 Å². The molecule has 1 aliphatic heterocycles. The van der Waals surface area contributed by atoms with Crippen LogP contribution in [0.3, 0.4) is 0 Å². The molecular weight excluding hydrogens is 273 g/mol. The van der Waals surface area contributed by atoms with E-state index in [0.717, 1.165) is 17.3 Å². The van der Waals surface area contributed by atoms with Gasteiger partial charge in [-0.15, -0.1) is 0 Å². The number of hydrogen-bond donors (Lipinski definition) is 1. The summed E-state index contributed by atoms with van der Waals surface area (Å²) in [5.74, 6) is 0.265. The number of carbonyl (C=O) groups excluding carboxylic acids is 2. The van der Waals surface area contributed by atoms with E-state index in [1.165, 1.54) is 12.1 Å². The number of hydrogen-bond acceptors (Lipinski definition) is 3. The maximum Gasteiger partial charge on any atom is 0.224 e. The van der Waals surface area contributed by atoms with Gasteiger partial charge in [-0.2, -0.15) is 0 Å². The molecule has 0 unspecified atom stereocenters. The molecule has 1 aliphatic rings. The van der Waals surface area contributed by atoms with Crippen LogP contribution in [0.5, 0.6) is 11.5 Å². The van der Waals surface area contributed by atoms with Crippen molar-refractivity contribution in [1.82, 2.24) is 0 Å². The van der Waals surface area contributed by atoms with Crippen LogP contribution in [-0.4, -0.2) is 12.2 Å². The SMILES string of the molecule is O=Cc1cc(F)cc(Oc2ccc3c(c2)CCC(=O)N3)c1. The first kappa shape index (κ1) is 13.3. The maximum atomic E-state index is 13.3. The molecule has 0 radical (unpaired) electrons. The molecule has 0 bridgehead atoms. The van der Waals surface area contributed by atoms with E-state index in [1.54, 1.807) is 18.2 Å². The highest BCUT2D eigenvalue weighted by Gasteiger charge is 2.15. The summed E-state index contributed by atoms with van der Waals surface area (Å²) < 4.78 is 18.9. The van der Waals surface area contributed by atoms with Crippen molar-refractivity contribution in [1.29, 1.82) is 0 Å². The lowest BCUT2D eigenvalue weighted by Gasteiger charge is -2.17. The molecular formula is C16H12FNO3. The number of halogens is 1. The predicted molar refractivity (Wildman–Crippen MR) is 75.3 cm³/mol. The second-order valence-corrected chi connectivity index (χ2v) is 4.81. The van der Waals surface area contributed by atoms with Crippen LogP contribution in [0.2, 0.25) is 0 Å². The van der Waals surface area contributed by atoms with Gasteiger partial charge < -0.3 is 10.1 Å². The van der Waals surface area contributed by atoms with Crippen LogP contribution in [0.4, 0.5) is 10.1 Å². The van der Waals surface area contributed by atoms with Crippen LogP contribution in [0.15, 0.2) is 36.4 Å². The van der Waals surface area contributed by atoms with E-state index in [4.69, 9.17) is 4.74 Å². The molecule has 3 rings (SSSR count). The summed E-state index contributed by atoms with van der Waals surface area (Å²) in [5.41, 5.74) is 1.96. The molecule has 0 spiro atoms. The lowest BCUT2D eigenvalue weighted by atomic mass is 10.0. The highest BCUT2D eigenvalue weighted by molar-refractivity contribution is 5.94. The van der Waals surface area contributed by atoms with E-state index in [0.29, 0.717) is 24.9 Å². The zero-order valence-electron chi connectivity index (χ0n) is 11.1. The molecule has 5 heteroatoms. The third-order valence-corrected chi connectivity index (χ3v) is 3.24. The highest BCUT2D eigenvalue weighted by Crippen LogP contribution is 2.30.